The first-order valence-electron chi connectivity index (χ1n) is 3.69. The summed E-state index contributed by atoms with van der Waals surface area (Å²) >= 11 is 0. The molecule has 2 nitrogen and oxygen atoms in total. The van der Waals surface area contributed by atoms with Crippen molar-refractivity contribution in [3.05, 3.63) is 0 Å². The third kappa shape index (κ3) is 1.72. The molecule has 2 heteroatoms. The van der Waals surface area contributed by atoms with E-state index < -0.39 is 0 Å². The molecule has 0 aromatic rings. The van der Waals surface area contributed by atoms with Crippen molar-refractivity contribution in [3.8, 4) is 0 Å². The van der Waals surface area contributed by atoms with Gasteiger partial charge in [-0.1, -0.05) is 13.8 Å². The van der Waals surface area contributed by atoms with Crippen molar-refractivity contribution < 1.29 is 9.53 Å². The molecular weight excluding hydrogens is 128 g/mol. The van der Waals surface area contributed by atoms with Gasteiger partial charge in [0.15, 0.2) is 0 Å². The molecule has 1 aliphatic heterocycles. The summed E-state index contributed by atoms with van der Waals surface area (Å²) in [4.78, 5) is 10.9. The molecule has 1 aliphatic rings. The number of carbonyl (C=O) groups is 1. The first-order chi connectivity index (χ1) is 4.49. The van der Waals surface area contributed by atoms with Gasteiger partial charge in [-0.05, 0) is 18.8 Å². The molecular formula is C8H14O2. The van der Waals surface area contributed by atoms with Gasteiger partial charge in [0.1, 0.15) is 0 Å². The molecule has 0 aromatic carbocycles. The monoisotopic (exact) mass is 142 g/mol. The van der Waals surface area contributed by atoms with E-state index in [1.165, 1.54) is 0 Å². The molecule has 0 radical (unpaired) electrons. The number of ether oxygens (including phenoxy) is 1. The van der Waals surface area contributed by atoms with Crippen molar-refractivity contribution in [2.75, 3.05) is 0 Å². The average Bonchev–Trinajstić information content (AvgIpc) is 1.54. The molecule has 1 fully saturated rings. The topological polar surface area (TPSA) is 26.3 Å². The Hall–Kier alpha value is -0.530. The molecule has 0 saturated carbocycles. The Morgan fingerprint density at radius 2 is 2.20 bits per heavy atom. The summed E-state index contributed by atoms with van der Waals surface area (Å²) in [5, 5.41) is 0. The van der Waals surface area contributed by atoms with Crippen LogP contribution in [0.15, 0.2) is 0 Å². The van der Waals surface area contributed by atoms with Crippen molar-refractivity contribution in [2.24, 2.45) is 5.41 Å². The lowest BCUT2D eigenvalue weighted by atomic mass is 9.82. The van der Waals surface area contributed by atoms with Crippen LogP contribution in [0.25, 0.3) is 0 Å². The molecule has 0 amide bonds. The van der Waals surface area contributed by atoms with Gasteiger partial charge in [0.05, 0.1) is 12.5 Å². The molecule has 0 unspecified atom stereocenters. The molecule has 0 N–H and O–H groups in total. The Labute approximate surface area is 61.6 Å². The number of carbonyl (C=O) groups excluding carboxylic acids is 1. The van der Waals surface area contributed by atoms with Crippen molar-refractivity contribution >= 4 is 5.97 Å². The zero-order valence-electron chi connectivity index (χ0n) is 6.81. The fraction of sp³-hybridized carbons (Fsp3) is 0.875. The highest BCUT2D eigenvalue weighted by Crippen LogP contribution is 2.32. The van der Waals surface area contributed by atoms with Crippen LogP contribution in [0, 0.1) is 5.41 Å². The lowest BCUT2D eigenvalue weighted by Gasteiger charge is -2.32. The normalized spacial score (nSPS) is 31.5. The minimum absolute atomic E-state index is 0.0521. The third-order valence-electron chi connectivity index (χ3n) is 1.80. The van der Waals surface area contributed by atoms with Crippen LogP contribution in [-0.2, 0) is 9.53 Å². The summed E-state index contributed by atoms with van der Waals surface area (Å²) in [6.07, 6.45) is 1.66. The van der Waals surface area contributed by atoms with Crippen LogP contribution < -0.4 is 0 Å². The van der Waals surface area contributed by atoms with Gasteiger partial charge in [0.25, 0.3) is 0 Å². The first-order valence-corrected chi connectivity index (χ1v) is 3.69. The smallest absolute Gasteiger partial charge is 0.306 e. The maximum Gasteiger partial charge on any atom is 0.306 e. The quantitative estimate of drug-likeness (QED) is 0.481. The summed E-state index contributed by atoms with van der Waals surface area (Å²) in [5.41, 5.74) is 0.148. The molecule has 1 heterocycles. The number of hydrogen-bond acceptors (Lipinski definition) is 2. The Kier molecular flexibility index (Phi) is 1.71. The largest absolute Gasteiger partial charge is 0.463 e. The van der Waals surface area contributed by atoms with Gasteiger partial charge in [0.2, 0.25) is 0 Å². The van der Waals surface area contributed by atoms with E-state index in [4.69, 9.17) is 4.74 Å². The van der Waals surface area contributed by atoms with Crippen LogP contribution in [0.1, 0.15) is 33.6 Å². The van der Waals surface area contributed by atoms with E-state index in [-0.39, 0.29) is 17.5 Å². The summed E-state index contributed by atoms with van der Waals surface area (Å²) in [6.45, 7) is 6.15. The van der Waals surface area contributed by atoms with Crippen molar-refractivity contribution in [2.45, 2.75) is 39.7 Å². The summed E-state index contributed by atoms with van der Waals surface area (Å²) in [5.74, 6) is -0.0521. The standard InChI is InChI=1S/C8H14O2/c1-6-4-8(2,3)5-7(9)10-6/h6H,4-5H2,1-3H3/t6-/m1/s1. The third-order valence-corrected chi connectivity index (χ3v) is 1.80. The molecule has 1 rings (SSSR count). The highest BCUT2D eigenvalue weighted by molar-refractivity contribution is 5.71. The van der Waals surface area contributed by atoms with E-state index in [1.54, 1.807) is 0 Å². The predicted octanol–water partition coefficient (Wildman–Crippen LogP) is 1.74. The van der Waals surface area contributed by atoms with Crippen LogP contribution in [-0.4, -0.2) is 12.1 Å². The van der Waals surface area contributed by atoms with Gasteiger partial charge in [-0.2, -0.15) is 0 Å². The molecule has 0 aliphatic carbocycles. The minimum atomic E-state index is -0.0521. The van der Waals surface area contributed by atoms with E-state index in [0.29, 0.717) is 6.42 Å². The van der Waals surface area contributed by atoms with Crippen molar-refractivity contribution in [3.63, 3.8) is 0 Å². The lowest BCUT2D eigenvalue weighted by Crippen LogP contribution is -2.32. The zero-order chi connectivity index (χ0) is 7.78. The second kappa shape index (κ2) is 2.26. The number of rotatable bonds is 0. The SMILES string of the molecule is C[C@@H]1CC(C)(C)CC(=O)O1. The van der Waals surface area contributed by atoms with E-state index >= 15 is 0 Å². The zero-order valence-corrected chi connectivity index (χ0v) is 6.81. The van der Waals surface area contributed by atoms with Gasteiger partial charge in [-0.25, -0.2) is 0 Å². The van der Waals surface area contributed by atoms with Gasteiger partial charge >= 0.3 is 5.97 Å². The van der Waals surface area contributed by atoms with E-state index in [9.17, 15) is 4.79 Å². The van der Waals surface area contributed by atoms with Crippen molar-refractivity contribution in [1.82, 2.24) is 0 Å². The van der Waals surface area contributed by atoms with Gasteiger partial charge in [-0.3, -0.25) is 4.79 Å². The van der Waals surface area contributed by atoms with Crippen LogP contribution >= 0.6 is 0 Å². The average molecular weight is 142 g/mol. The molecule has 58 valence electrons. The first kappa shape index (κ1) is 7.58. The van der Waals surface area contributed by atoms with Gasteiger partial charge < -0.3 is 4.74 Å². The Bertz CT molecular complexity index is 149. The van der Waals surface area contributed by atoms with Crippen LogP contribution in [0.3, 0.4) is 0 Å². The molecule has 1 atom stereocenters. The highest BCUT2D eigenvalue weighted by Gasteiger charge is 2.31. The molecule has 0 spiro atoms. The van der Waals surface area contributed by atoms with E-state index in [0.717, 1.165) is 6.42 Å². The minimum Gasteiger partial charge on any atom is -0.463 e. The Morgan fingerprint density at radius 1 is 1.60 bits per heavy atom. The van der Waals surface area contributed by atoms with E-state index in [1.807, 2.05) is 6.92 Å². The summed E-state index contributed by atoms with van der Waals surface area (Å²) in [7, 11) is 0. The molecule has 10 heavy (non-hydrogen) atoms. The van der Waals surface area contributed by atoms with Crippen LogP contribution in [0.2, 0.25) is 0 Å². The Balaban J connectivity index is 2.59. The fourth-order valence-corrected chi connectivity index (χ4v) is 1.55. The summed E-state index contributed by atoms with van der Waals surface area (Å²) < 4.78 is 4.98. The molecule has 0 bridgehead atoms. The fourth-order valence-electron chi connectivity index (χ4n) is 1.55. The number of cyclic esters (lactones) is 1. The lowest BCUT2D eigenvalue weighted by molar-refractivity contribution is -0.159. The molecule has 0 aromatic heterocycles. The Morgan fingerprint density at radius 3 is 2.60 bits per heavy atom. The van der Waals surface area contributed by atoms with Gasteiger partial charge in [0, 0.05) is 0 Å². The van der Waals surface area contributed by atoms with E-state index in [2.05, 4.69) is 13.8 Å². The number of hydrogen-bond donors (Lipinski definition) is 0. The second-order valence-corrected chi connectivity index (χ2v) is 3.85. The maximum absolute atomic E-state index is 10.9. The predicted molar refractivity (Wildman–Crippen MR) is 38.6 cm³/mol. The highest BCUT2D eigenvalue weighted by atomic mass is 16.5. The van der Waals surface area contributed by atoms with Gasteiger partial charge in [-0.15, -0.1) is 0 Å². The van der Waals surface area contributed by atoms with Crippen LogP contribution in [0.5, 0.6) is 0 Å². The molecule has 1 saturated heterocycles. The van der Waals surface area contributed by atoms with Crippen molar-refractivity contribution in [1.29, 1.82) is 0 Å². The second-order valence-electron chi connectivity index (χ2n) is 3.85. The number of esters is 1. The summed E-state index contributed by atoms with van der Waals surface area (Å²) in [6, 6.07) is 0. The maximum atomic E-state index is 10.9. The van der Waals surface area contributed by atoms with Crippen LogP contribution in [0.4, 0.5) is 0 Å².